The predicted molar refractivity (Wildman–Crippen MR) is 45.0 cm³/mol. The first-order valence-electron chi connectivity index (χ1n) is 3.76. The lowest BCUT2D eigenvalue weighted by atomic mass is 10.0. The molecule has 0 amide bonds. The van der Waals surface area contributed by atoms with Crippen LogP contribution in [0.5, 0.6) is 0 Å². The Morgan fingerprint density at radius 1 is 1.67 bits per heavy atom. The summed E-state index contributed by atoms with van der Waals surface area (Å²) in [7, 11) is -3.01. The molecule has 12 heavy (non-hydrogen) atoms. The molecular formula is C7H12N2O2S. The summed E-state index contributed by atoms with van der Waals surface area (Å²) in [5, 5.41) is 8.22. The van der Waals surface area contributed by atoms with E-state index in [0.717, 1.165) is 0 Å². The zero-order valence-corrected chi connectivity index (χ0v) is 7.76. The first-order valence-corrected chi connectivity index (χ1v) is 5.72. The molecule has 0 bridgehead atoms. The molecule has 0 heterocycles. The number of nitrogens with two attached hydrogens (primary N) is 1. The van der Waals surface area contributed by atoms with Gasteiger partial charge in [-0.25, -0.2) is 8.42 Å². The molecule has 0 saturated heterocycles. The van der Waals surface area contributed by atoms with Crippen molar-refractivity contribution in [3.8, 4) is 6.07 Å². The van der Waals surface area contributed by atoms with Gasteiger partial charge in [0.2, 0.25) is 0 Å². The molecule has 1 rings (SSSR count). The summed E-state index contributed by atoms with van der Waals surface area (Å²) in [6.45, 7) is 0. The summed E-state index contributed by atoms with van der Waals surface area (Å²) in [6.07, 6.45) is 2.48. The lowest BCUT2D eigenvalue weighted by Gasteiger charge is -2.12. The fraction of sp³-hybridized carbons (Fsp3) is 0.857. The molecule has 0 aromatic carbocycles. The van der Waals surface area contributed by atoms with Crippen LogP contribution in [0, 0.1) is 11.3 Å². The number of hydrogen-bond donors (Lipinski definition) is 1. The molecule has 68 valence electrons. The minimum atomic E-state index is -3.01. The van der Waals surface area contributed by atoms with Crippen molar-refractivity contribution in [3.05, 3.63) is 0 Å². The monoisotopic (exact) mass is 188 g/mol. The highest BCUT2D eigenvalue weighted by atomic mass is 32.2. The van der Waals surface area contributed by atoms with Crippen LogP contribution in [-0.2, 0) is 9.84 Å². The van der Waals surface area contributed by atoms with Gasteiger partial charge in [0.25, 0.3) is 0 Å². The van der Waals surface area contributed by atoms with Crippen molar-refractivity contribution < 1.29 is 8.42 Å². The Kier molecular flexibility index (Phi) is 2.15. The summed E-state index contributed by atoms with van der Waals surface area (Å²) in [5.74, 6) is 0. The van der Waals surface area contributed by atoms with E-state index >= 15 is 0 Å². The lowest BCUT2D eigenvalue weighted by molar-refractivity contribution is 0.554. The molecule has 0 aromatic rings. The van der Waals surface area contributed by atoms with Gasteiger partial charge in [-0.1, -0.05) is 0 Å². The van der Waals surface area contributed by atoms with Gasteiger partial charge in [0, 0.05) is 6.26 Å². The standard InChI is InChI=1S/C7H12N2O2S/c1-12(10,11)6-2-3-7(9,4-6)5-8/h6H,2-4,9H2,1H3. The summed E-state index contributed by atoms with van der Waals surface area (Å²) in [6, 6.07) is 1.96. The highest BCUT2D eigenvalue weighted by molar-refractivity contribution is 7.91. The summed E-state index contributed by atoms with van der Waals surface area (Å²) in [4.78, 5) is 0. The quantitative estimate of drug-likeness (QED) is 0.618. The van der Waals surface area contributed by atoms with Gasteiger partial charge in [0.15, 0.2) is 0 Å². The normalized spacial score (nSPS) is 36.2. The van der Waals surface area contributed by atoms with Gasteiger partial charge in [-0.3, -0.25) is 0 Å². The molecule has 0 aliphatic heterocycles. The number of hydrogen-bond acceptors (Lipinski definition) is 4. The molecule has 1 saturated carbocycles. The average Bonchev–Trinajstić information content (AvgIpc) is 2.32. The second kappa shape index (κ2) is 2.71. The number of sulfone groups is 1. The number of nitrogens with zero attached hydrogens (tertiary/aromatic N) is 1. The van der Waals surface area contributed by atoms with Crippen LogP contribution in [0.25, 0.3) is 0 Å². The Bertz CT molecular complexity index is 317. The minimum absolute atomic E-state index is 0.280. The Morgan fingerprint density at radius 3 is 2.50 bits per heavy atom. The highest BCUT2D eigenvalue weighted by Gasteiger charge is 2.40. The van der Waals surface area contributed by atoms with E-state index in [2.05, 4.69) is 0 Å². The fourth-order valence-electron chi connectivity index (χ4n) is 1.50. The molecule has 1 fully saturated rings. The van der Waals surface area contributed by atoms with Crippen molar-refractivity contribution in [2.45, 2.75) is 30.1 Å². The maximum absolute atomic E-state index is 11.1. The molecule has 0 radical (unpaired) electrons. The largest absolute Gasteiger partial charge is 0.313 e. The smallest absolute Gasteiger partial charge is 0.150 e. The summed E-state index contributed by atoms with van der Waals surface area (Å²) < 4.78 is 22.1. The van der Waals surface area contributed by atoms with Crippen LogP contribution >= 0.6 is 0 Å². The maximum atomic E-state index is 11.1. The zero-order valence-electron chi connectivity index (χ0n) is 6.95. The minimum Gasteiger partial charge on any atom is -0.313 e. The Balaban J connectivity index is 2.78. The van der Waals surface area contributed by atoms with E-state index in [1.54, 1.807) is 0 Å². The van der Waals surface area contributed by atoms with Gasteiger partial charge in [-0.05, 0) is 19.3 Å². The van der Waals surface area contributed by atoms with Crippen LogP contribution in [0.3, 0.4) is 0 Å². The molecule has 5 heteroatoms. The van der Waals surface area contributed by atoms with Gasteiger partial charge in [-0.15, -0.1) is 0 Å². The van der Waals surface area contributed by atoms with Gasteiger partial charge < -0.3 is 5.73 Å². The highest BCUT2D eigenvalue weighted by Crippen LogP contribution is 2.31. The molecule has 2 N–H and O–H groups in total. The molecule has 2 atom stereocenters. The van der Waals surface area contributed by atoms with Crippen molar-refractivity contribution in [2.75, 3.05) is 6.26 Å². The van der Waals surface area contributed by atoms with Crippen LogP contribution < -0.4 is 5.73 Å². The number of nitriles is 1. The van der Waals surface area contributed by atoms with Gasteiger partial charge in [-0.2, -0.15) is 5.26 Å². The first kappa shape index (κ1) is 9.49. The van der Waals surface area contributed by atoms with Crippen LogP contribution in [0.1, 0.15) is 19.3 Å². The molecule has 0 aromatic heterocycles. The predicted octanol–water partition coefficient (Wildman–Crippen LogP) is -0.195. The first-order chi connectivity index (χ1) is 5.37. The van der Waals surface area contributed by atoms with Crippen LogP contribution in [0.2, 0.25) is 0 Å². The fourth-order valence-corrected chi connectivity index (χ4v) is 2.64. The van der Waals surface area contributed by atoms with Crippen LogP contribution in [0.4, 0.5) is 0 Å². The Morgan fingerprint density at radius 2 is 2.25 bits per heavy atom. The van der Waals surface area contributed by atoms with E-state index in [9.17, 15) is 8.42 Å². The third kappa shape index (κ3) is 1.76. The Labute approximate surface area is 72.3 Å². The van der Waals surface area contributed by atoms with Crippen molar-refractivity contribution in [1.82, 2.24) is 0 Å². The van der Waals surface area contributed by atoms with Gasteiger partial charge in [0.1, 0.15) is 15.4 Å². The lowest BCUT2D eigenvalue weighted by Crippen LogP contribution is -2.36. The summed E-state index contributed by atoms with van der Waals surface area (Å²) in [5.41, 5.74) is 4.71. The van der Waals surface area contributed by atoms with Crippen LogP contribution in [0.15, 0.2) is 0 Å². The topological polar surface area (TPSA) is 83.9 Å². The molecule has 1 aliphatic carbocycles. The van der Waals surface area contributed by atoms with Crippen molar-refractivity contribution >= 4 is 9.84 Å². The van der Waals surface area contributed by atoms with E-state index in [0.29, 0.717) is 12.8 Å². The molecule has 0 spiro atoms. The Hall–Kier alpha value is -0.600. The van der Waals surface area contributed by atoms with E-state index in [-0.39, 0.29) is 6.42 Å². The maximum Gasteiger partial charge on any atom is 0.150 e. The number of rotatable bonds is 1. The van der Waals surface area contributed by atoms with Crippen molar-refractivity contribution in [1.29, 1.82) is 5.26 Å². The average molecular weight is 188 g/mol. The summed E-state index contributed by atoms with van der Waals surface area (Å²) >= 11 is 0. The van der Waals surface area contributed by atoms with Crippen LogP contribution in [-0.4, -0.2) is 25.5 Å². The molecular weight excluding hydrogens is 176 g/mol. The van der Waals surface area contributed by atoms with E-state index in [1.165, 1.54) is 6.26 Å². The third-order valence-corrected chi connectivity index (χ3v) is 3.95. The SMILES string of the molecule is CS(=O)(=O)C1CCC(N)(C#N)C1. The zero-order chi connectivity index (χ0) is 9.41. The third-order valence-electron chi connectivity index (χ3n) is 2.33. The second-order valence-corrected chi connectivity index (χ2v) is 5.79. The molecule has 2 unspecified atom stereocenters. The van der Waals surface area contributed by atoms with E-state index < -0.39 is 20.6 Å². The van der Waals surface area contributed by atoms with Crippen molar-refractivity contribution in [3.63, 3.8) is 0 Å². The van der Waals surface area contributed by atoms with Crippen molar-refractivity contribution in [2.24, 2.45) is 5.73 Å². The second-order valence-electron chi connectivity index (χ2n) is 3.46. The molecule has 4 nitrogen and oxygen atoms in total. The van der Waals surface area contributed by atoms with E-state index in [1.807, 2.05) is 6.07 Å². The van der Waals surface area contributed by atoms with Gasteiger partial charge >= 0.3 is 0 Å². The van der Waals surface area contributed by atoms with E-state index in [4.69, 9.17) is 11.0 Å². The van der Waals surface area contributed by atoms with Gasteiger partial charge in [0.05, 0.1) is 11.3 Å². The molecule has 1 aliphatic rings.